The Morgan fingerprint density at radius 2 is 1.93 bits per heavy atom. The topological polar surface area (TPSA) is 50.4 Å². The van der Waals surface area contributed by atoms with E-state index >= 15 is 0 Å². The second kappa shape index (κ2) is 8.80. The van der Waals surface area contributed by atoms with Crippen LogP contribution in [0.25, 0.3) is 0 Å². The molecule has 2 N–H and O–H groups in total. The Balaban J connectivity index is 1.84. The van der Waals surface area contributed by atoms with Gasteiger partial charge < -0.3 is 15.4 Å². The minimum Gasteiger partial charge on any atom is -0.465 e. The van der Waals surface area contributed by atoms with E-state index in [0.29, 0.717) is 26.9 Å². The van der Waals surface area contributed by atoms with E-state index in [2.05, 4.69) is 10.6 Å². The van der Waals surface area contributed by atoms with E-state index in [1.54, 1.807) is 30.4 Å². The molecule has 0 spiro atoms. The Kier molecular flexibility index (Phi) is 6.44. The van der Waals surface area contributed by atoms with Crippen LogP contribution in [0.4, 0.5) is 15.1 Å². The number of carbonyl (C=O) groups excluding carboxylic acids is 1. The number of carbonyl (C=O) groups is 1. The predicted octanol–water partition coefficient (Wildman–Crippen LogP) is 5.45. The number of thiocarbonyl (C=S) groups is 1. The van der Waals surface area contributed by atoms with Crippen molar-refractivity contribution >= 4 is 45.3 Å². The van der Waals surface area contributed by atoms with Crippen LogP contribution in [0.1, 0.15) is 52.0 Å². The molecule has 1 aliphatic carbocycles. The first-order valence-electron chi connectivity index (χ1n) is 9.06. The van der Waals surface area contributed by atoms with Crippen LogP contribution < -0.4 is 10.6 Å². The summed E-state index contributed by atoms with van der Waals surface area (Å²) >= 11 is 6.94. The molecule has 1 aromatic carbocycles. The second-order valence-corrected chi connectivity index (χ2v) is 8.17. The van der Waals surface area contributed by atoms with Gasteiger partial charge in [0.15, 0.2) is 5.11 Å². The summed E-state index contributed by atoms with van der Waals surface area (Å²) in [5.41, 5.74) is 2.80. The highest BCUT2D eigenvalue weighted by Gasteiger charge is 2.25. The number of fused-ring (bicyclic) bond motifs is 1. The number of methoxy groups -OCH3 is 1. The van der Waals surface area contributed by atoms with Crippen molar-refractivity contribution < 1.29 is 13.9 Å². The minimum absolute atomic E-state index is 0.294. The molecule has 0 bridgehead atoms. The lowest BCUT2D eigenvalue weighted by Crippen LogP contribution is -2.20. The monoisotopic (exact) mass is 406 g/mol. The lowest BCUT2D eigenvalue weighted by atomic mass is 9.96. The van der Waals surface area contributed by atoms with Crippen LogP contribution in [0.2, 0.25) is 0 Å². The van der Waals surface area contributed by atoms with Crippen molar-refractivity contribution in [2.75, 3.05) is 17.7 Å². The van der Waals surface area contributed by atoms with Crippen LogP contribution in [0, 0.1) is 12.7 Å². The number of anilines is 2. The summed E-state index contributed by atoms with van der Waals surface area (Å²) in [6.45, 7) is 1.71. The first kappa shape index (κ1) is 19.8. The normalized spacial score (nSPS) is 13.9. The van der Waals surface area contributed by atoms with Gasteiger partial charge in [-0.05, 0) is 68.1 Å². The molecule has 0 fully saturated rings. The summed E-state index contributed by atoms with van der Waals surface area (Å²) < 4.78 is 18.8. The number of benzene rings is 1. The number of thiophene rings is 1. The zero-order chi connectivity index (χ0) is 19.4. The van der Waals surface area contributed by atoms with Crippen molar-refractivity contribution in [3.8, 4) is 0 Å². The molecule has 1 heterocycles. The standard InChI is InChI=1S/C20H23FN2O2S2/c1-12-9-10-13(11-15(12)21)22-20(26)23-18-17(19(24)25-2)14-7-5-3-4-6-8-16(14)27-18/h9-11H,3-8H2,1-2H3,(H2,22,23,26). The third-order valence-electron chi connectivity index (χ3n) is 4.72. The summed E-state index contributed by atoms with van der Waals surface area (Å²) in [4.78, 5) is 13.6. The quantitative estimate of drug-likeness (QED) is 0.524. The van der Waals surface area contributed by atoms with Gasteiger partial charge in [0, 0.05) is 10.6 Å². The van der Waals surface area contributed by atoms with E-state index in [1.165, 1.54) is 30.9 Å². The second-order valence-electron chi connectivity index (χ2n) is 6.66. The molecule has 2 aromatic rings. The Morgan fingerprint density at radius 3 is 2.63 bits per heavy atom. The van der Waals surface area contributed by atoms with E-state index in [1.807, 2.05) is 0 Å². The van der Waals surface area contributed by atoms with Crippen molar-refractivity contribution in [3.63, 3.8) is 0 Å². The molecule has 3 rings (SSSR count). The molecular formula is C20H23FN2O2S2. The number of halogens is 1. The van der Waals surface area contributed by atoms with Gasteiger partial charge in [-0.2, -0.15) is 0 Å². The highest BCUT2D eigenvalue weighted by molar-refractivity contribution is 7.80. The Labute approximate surface area is 168 Å². The van der Waals surface area contributed by atoms with Crippen molar-refractivity contribution in [3.05, 3.63) is 45.6 Å². The van der Waals surface area contributed by atoms with Gasteiger partial charge in [-0.25, -0.2) is 9.18 Å². The number of esters is 1. The molecule has 0 amide bonds. The number of ether oxygens (including phenoxy) is 1. The zero-order valence-electron chi connectivity index (χ0n) is 15.5. The Morgan fingerprint density at radius 1 is 1.19 bits per heavy atom. The summed E-state index contributed by atoms with van der Waals surface area (Å²) in [5.74, 6) is -0.642. The molecule has 4 nitrogen and oxygen atoms in total. The van der Waals surface area contributed by atoms with Gasteiger partial charge in [0.05, 0.1) is 12.7 Å². The third-order valence-corrected chi connectivity index (χ3v) is 6.13. The van der Waals surface area contributed by atoms with Crippen LogP contribution >= 0.6 is 23.6 Å². The van der Waals surface area contributed by atoms with Crippen LogP contribution in [0.15, 0.2) is 18.2 Å². The zero-order valence-corrected chi connectivity index (χ0v) is 17.1. The Hall–Kier alpha value is -1.99. The van der Waals surface area contributed by atoms with Gasteiger partial charge in [-0.3, -0.25) is 0 Å². The van der Waals surface area contributed by atoms with Gasteiger partial charge in [0.2, 0.25) is 0 Å². The van der Waals surface area contributed by atoms with Crippen LogP contribution in [-0.2, 0) is 17.6 Å². The van der Waals surface area contributed by atoms with Gasteiger partial charge >= 0.3 is 5.97 Å². The van der Waals surface area contributed by atoms with Crippen molar-refractivity contribution in [1.82, 2.24) is 0 Å². The van der Waals surface area contributed by atoms with Crippen molar-refractivity contribution in [2.45, 2.75) is 45.4 Å². The van der Waals surface area contributed by atoms with Gasteiger partial charge in [0.1, 0.15) is 10.8 Å². The number of hydrogen-bond donors (Lipinski definition) is 2. The summed E-state index contributed by atoms with van der Waals surface area (Å²) in [6.07, 6.45) is 6.43. The predicted molar refractivity (Wildman–Crippen MR) is 113 cm³/mol. The summed E-state index contributed by atoms with van der Waals surface area (Å²) in [5, 5.41) is 7.12. The largest absolute Gasteiger partial charge is 0.465 e. The third kappa shape index (κ3) is 4.65. The average molecular weight is 407 g/mol. The molecule has 0 saturated heterocycles. The number of nitrogens with one attached hydrogen (secondary N) is 2. The molecule has 0 radical (unpaired) electrons. The van der Waals surface area contributed by atoms with E-state index in [4.69, 9.17) is 17.0 Å². The first-order chi connectivity index (χ1) is 13.0. The first-order valence-corrected chi connectivity index (χ1v) is 10.3. The van der Waals surface area contributed by atoms with E-state index < -0.39 is 0 Å². The van der Waals surface area contributed by atoms with Crippen LogP contribution in [-0.4, -0.2) is 18.2 Å². The molecule has 1 aliphatic rings. The Bertz CT molecular complexity index is 864. The van der Waals surface area contributed by atoms with E-state index in [0.717, 1.165) is 31.2 Å². The van der Waals surface area contributed by atoms with Crippen LogP contribution in [0.5, 0.6) is 0 Å². The fourth-order valence-electron chi connectivity index (χ4n) is 3.26. The smallest absolute Gasteiger partial charge is 0.341 e. The molecule has 27 heavy (non-hydrogen) atoms. The summed E-state index contributed by atoms with van der Waals surface area (Å²) in [6, 6.07) is 4.86. The maximum Gasteiger partial charge on any atom is 0.341 e. The molecule has 0 aliphatic heterocycles. The molecule has 1 aromatic heterocycles. The minimum atomic E-state index is -0.347. The molecule has 0 unspecified atom stereocenters. The number of rotatable bonds is 3. The lowest BCUT2D eigenvalue weighted by Gasteiger charge is -2.12. The molecular weight excluding hydrogens is 383 g/mol. The fourth-order valence-corrected chi connectivity index (χ4v) is 4.83. The van der Waals surface area contributed by atoms with Gasteiger partial charge in [-0.1, -0.05) is 18.9 Å². The fraction of sp³-hybridized carbons (Fsp3) is 0.400. The summed E-state index contributed by atoms with van der Waals surface area (Å²) in [7, 11) is 1.39. The number of hydrogen-bond acceptors (Lipinski definition) is 4. The average Bonchev–Trinajstić information content (AvgIpc) is 2.93. The van der Waals surface area contributed by atoms with Gasteiger partial charge in [0.25, 0.3) is 0 Å². The molecule has 144 valence electrons. The van der Waals surface area contributed by atoms with Crippen LogP contribution in [0.3, 0.4) is 0 Å². The van der Waals surface area contributed by atoms with Crippen molar-refractivity contribution in [2.24, 2.45) is 0 Å². The van der Waals surface area contributed by atoms with Gasteiger partial charge in [-0.15, -0.1) is 11.3 Å². The molecule has 0 saturated carbocycles. The lowest BCUT2D eigenvalue weighted by molar-refractivity contribution is 0.0601. The SMILES string of the molecule is COC(=O)c1c(NC(=S)Nc2ccc(C)c(F)c2)sc2c1CCCCCC2. The van der Waals surface area contributed by atoms with E-state index in [9.17, 15) is 9.18 Å². The number of aryl methyl sites for hydroxylation is 2. The van der Waals surface area contributed by atoms with E-state index in [-0.39, 0.29) is 11.8 Å². The molecule has 7 heteroatoms. The molecule has 0 atom stereocenters. The maximum atomic E-state index is 13.7. The highest BCUT2D eigenvalue weighted by atomic mass is 32.1. The van der Waals surface area contributed by atoms with Crippen molar-refractivity contribution in [1.29, 1.82) is 0 Å². The maximum absolute atomic E-state index is 13.7. The highest BCUT2D eigenvalue weighted by Crippen LogP contribution is 2.37.